The molecule has 0 amide bonds. The van der Waals surface area contributed by atoms with Crippen LogP contribution in [0.5, 0.6) is 5.75 Å². The van der Waals surface area contributed by atoms with E-state index in [1.165, 1.54) is 50.7 Å². The number of hydrogen-bond acceptors (Lipinski definition) is 4. The summed E-state index contributed by atoms with van der Waals surface area (Å²) in [6.45, 7) is 2.47. The molecule has 0 saturated carbocycles. The molecule has 2 aromatic carbocycles. The second-order valence-electron chi connectivity index (χ2n) is 7.50. The van der Waals surface area contributed by atoms with Gasteiger partial charge in [-0.2, -0.15) is 0 Å². The van der Waals surface area contributed by atoms with Gasteiger partial charge < -0.3 is 9.47 Å². The standard InChI is InChI=1S/C25H30F2O4/c1-2-3-4-5-6-7-8-9-12-15-30-24(28)22-13-10-11-14-23(22)25(29)31-21-17-19(26)16-20(27)18-21/h10-11,13-14,16-18H,2-9,12,15H2,1H3. The van der Waals surface area contributed by atoms with E-state index in [2.05, 4.69) is 6.92 Å². The van der Waals surface area contributed by atoms with Crippen molar-refractivity contribution in [3.05, 3.63) is 65.2 Å². The van der Waals surface area contributed by atoms with Gasteiger partial charge in [0.25, 0.3) is 0 Å². The normalized spacial score (nSPS) is 10.7. The molecule has 168 valence electrons. The highest BCUT2D eigenvalue weighted by molar-refractivity contribution is 6.03. The van der Waals surface area contributed by atoms with Gasteiger partial charge in [0.1, 0.15) is 17.4 Å². The van der Waals surface area contributed by atoms with Gasteiger partial charge in [0, 0.05) is 18.2 Å². The lowest BCUT2D eigenvalue weighted by molar-refractivity contribution is 0.0489. The molecule has 0 aromatic heterocycles. The highest BCUT2D eigenvalue weighted by Gasteiger charge is 2.20. The lowest BCUT2D eigenvalue weighted by Gasteiger charge is -2.10. The van der Waals surface area contributed by atoms with E-state index < -0.39 is 23.6 Å². The summed E-state index contributed by atoms with van der Waals surface area (Å²) in [4.78, 5) is 24.8. The fourth-order valence-electron chi connectivity index (χ4n) is 3.24. The molecule has 0 spiro atoms. The summed E-state index contributed by atoms with van der Waals surface area (Å²) >= 11 is 0. The van der Waals surface area contributed by atoms with Crippen LogP contribution in [0.1, 0.15) is 85.4 Å². The first-order valence-corrected chi connectivity index (χ1v) is 11.0. The molecule has 0 bridgehead atoms. The molecular weight excluding hydrogens is 402 g/mol. The highest BCUT2D eigenvalue weighted by atomic mass is 19.1. The van der Waals surface area contributed by atoms with Crippen LogP contribution >= 0.6 is 0 Å². The van der Waals surface area contributed by atoms with Crippen LogP contribution in [-0.2, 0) is 4.74 Å². The topological polar surface area (TPSA) is 52.6 Å². The number of halogens is 2. The summed E-state index contributed by atoms with van der Waals surface area (Å²) in [5.41, 5.74) is 0.0320. The zero-order valence-corrected chi connectivity index (χ0v) is 18.0. The fourth-order valence-corrected chi connectivity index (χ4v) is 3.24. The Balaban J connectivity index is 1.80. The van der Waals surface area contributed by atoms with Crippen molar-refractivity contribution >= 4 is 11.9 Å². The number of rotatable bonds is 13. The van der Waals surface area contributed by atoms with Crippen molar-refractivity contribution < 1.29 is 27.8 Å². The number of hydrogen-bond donors (Lipinski definition) is 0. The first kappa shape index (κ1) is 24.5. The monoisotopic (exact) mass is 432 g/mol. The Kier molecular flexibility index (Phi) is 10.7. The molecule has 0 unspecified atom stereocenters. The minimum absolute atomic E-state index is 0.0238. The molecule has 0 aliphatic carbocycles. The third kappa shape index (κ3) is 8.87. The van der Waals surface area contributed by atoms with Gasteiger partial charge in [0.05, 0.1) is 17.7 Å². The van der Waals surface area contributed by atoms with Crippen molar-refractivity contribution in [2.24, 2.45) is 0 Å². The fraction of sp³-hybridized carbons (Fsp3) is 0.440. The van der Waals surface area contributed by atoms with Crippen molar-refractivity contribution in [2.75, 3.05) is 6.61 Å². The zero-order chi connectivity index (χ0) is 22.5. The SMILES string of the molecule is CCCCCCCCCCCOC(=O)c1ccccc1C(=O)Oc1cc(F)cc(F)c1. The van der Waals surface area contributed by atoms with E-state index in [1.807, 2.05) is 0 Å². The molecule has 0 N–H and O–H groups in total. The Hall–Kier alpha value is -2.76. The third-order valence-corrected chi connectivity index (χ3v) is 4.89. The van der Waals surface area contributed by atoms with Crippen LogP contribution in [0.15, 0.2) is 42.5 Å². The summed E-state index contributed by atoms with van der Waals surface area (Å²) in [7, 11) is 0. The van der Waals surface area contributed by atoms with E-state index in [4.69, 9.17) is 9.47 Å². The molecule has 0 aliphatic heterocycles. The number of carbonyl (C=O) groups excluding carboxylic acids is 2. The maximum Gasteiger partial charge on any atom is 0.344 e. The Morgan fingerprint density at radius 1 is 0.742 bits per heavy atom. The summed E-state index contributed by atoms with van der Waals surface area (Å²) in [5.74, 6) is -3.52. The zero-order valence-electron chi connectivity index (χ0n) is 18.0. The number of unbranched alkanes of at least 4 members (excludes halogenated alkanes) is 8. The summed E-state index contributed by atoms with van der Waals surface area (Å²) in [6, 6.07) is 8.51. The van der Waals surface area contributed by atoms with E-state index >= 15 is 0 Å². The van der Waals surface area contributed by atoms with Gasteiger partial charge in [0.2, 0.25) is 0 Å². The largest absolute Gasteiger partial charge is 0.462 e. The van der Waals surface area contributed by atoms with Crippen LogP contribution in [0, 0.1) is 11.6 Å². The van der Waals surface area contributed by atoms with Gasteiger partial charge in [-0.3, -0.25) is 0 Å². The maximum atomic E-state index is 13.3. The number of benzene rings is 2. The van der Waals surface area contributed by atoms with Gasteiger partial charge >= 0.3 is 11.9 Å². The second-order valence-corrected chi connectivity index (χ2v) is 7.50. The molecule has 4 nitrogen and oxygen atoms in total. The van der Waals surface area contributed by atoms with Crippen LogP contribution in [0.3, 0.4) is 0 Å². The van der Waals surface area contributed by atoms with Crippen LogP contribution in [0.4, 0.5) is 8.78 Å². The Labute approximate surface area is 182 Å². The molecule has 0 fully saturated rings. The Bertz CT molecular complexity index is 831. The maximum absolute atomic E-state index is 13.3. The first-order valence-electron chi connectivity index (χ1n) is 11.0. The van der Waals surface area contributed by atoms with Crippen molar-refractivity contribution in [3.8, 4) is 5.75 Å². The number of carbonyl (C=O) groups is 2. The average molecular weight is 433 g/mol. The third-order valence-electron chi connectivity index (χ3n) is 4.89. The molecule has 31 heavy (non-hydrogen) atoms. The first-order chi connectivity index (χ1) is 15.0. The molecule has 0 radical (unpaired) electrons. The van der Waals surface area contributed by atoms with Crippen LogP contribution < -0.4 is 4.74 Å². The predicted molar refractivity (Wildman–Crippen MR) is 115 cm³/mol. The molecule has 6 heteroatoms. The van der Waals surface area contributed by atoms with Crippen LogP contribution in [-0.4, -0.2) is 18.5 Å². The lowest BCUT2D eigenvalue weighted by atomic mass is 10.1. The minimum Gasteiger partial charge on any atom is -0.462 e. The number of esters is 2. The molecule has 2 aromatic rings. The summed E-state index contributed by atoms with van der Waals surface area (Å²) in [6.07, 6.45) is 10.4. The van der Waals surface area contributed by atoms with E-state index in [0.29, 0.717) is 6.07 Å². The quantitative estimate of drug-likeness (QED) is 0.197. The summed E-state index contributed by atoms with van der Waals surface area (Å²) < 4.78 is 36.9. The minimum atomic E-state index is -0.888. The van der Waals surface area contributed by atoms with E-state index in [-0.39, 0.29) is 23.5 Å². The van der Waals surface area contributed by atoms with Crippen LogP contribution in [0.2, 0.25) is 0 Å². The molecule has 2 rings (SSSR count). The van der Waals surface area contributed by atoms with Gasteiger partial charge in [-0.15, -0.1) is 0 Å². The second kappa shape index (κ2) is 13.5. The molecule has 0 saturated heterocycles. The highest BCUT2D eigenvalue weighted by Crippen LogP contribution is 2.19. The summed E-state index contributed by atoms with van der Waals surface area (Å²) in [5, 5.41) is 0. The number of ether oxygens (including phenoxy) is 2. The van der Waals surface area contributed by atoms with Gasteiger partial charge in [-0.25, -0.2) is 18.4 Å². The predicted octanol–water partition coefficient (Wildman–Crippen LogP) is 6.87. The average Bonchev–Trinajstić information content (AvgIpc) is 2.74. The molecule has 0 heterocycles. The molecular formula is C25H30F2O4. The van der Waals surface area contributed by atoms with Crippen molar-refractivity contribution in [2.45, 2.75) is 64.7 Å². The van der Waals surface area contributed by atoms with Crippen molar-refractivity contribution in [3.63, 3.8) is 0 Å². The Morgan fingerprint density at radius 3 is 1.84 bits per heavy atom. The van der Waals surface area contributed by atoms with Gasteiger partial charge in [-0.1, -0.05) is 70.4 Å². The Morgan fingerprint density at radius 2 is 1.26 bits per heavy atom. The van der Waals surface area contributed by atoms with E-state index in [0.717, 1.165) is 31.4 Å². The van der Waals surface area contributed by atoms with Crippen LogP contribution in [0.25, 0.3) is 0 Å². The van der Waals surface area contributed by atoms with Gasteiger partial charge in [0.15, 0.2) is 0 Å². The smallest absolute Gasteiger partial charge is 0.344 e. The van der Waals surface area contributed by atoms with Crippen molar-refractivity contribution in [1.29, 1.82) is 0 Å². The molecule has 0 aliphatic rings. The lowest BCUT2D eigenvalue weighted by Crippen LogP contribution is -2.16. The molecule has 0 atom stereocenters. The van der Waals surface area contributed by atoms with E-state index in [1.54, 1.807) is 12.1 Å². The van der Waals surface area contributed by atoms with E-state index in [9.17, 15) is 18.4 Å². The van der Waals surface area contributed by atoms with Crippen molar-refractivity contribution in [1.82, 2.24) is 0 Å². The van der Waals surface area contributed by atoms with Gasteiger partial charge in [-0.05, 0) is 18.6 Å².